The summed E-state index contributed by atoms with van der Waals surface area (Å²) in [7, 11) is 1.35. The summed E-state index contributed by atoms with van der Waals surface area (Å²) >= 11 is 0. The van der Waals surface area contributed by atoms with Gasteiger partial charge in [0.25, 0.3) is 0 Å². The van der Waals surface area contributed by atoms with E-state index in [-0.39, 0.29) is 29.9 Å². The number of hydrogen-bond donors (Lipinski definition) is 2. The van der Waals surface area contributed by atoms with E-state index in [0.717, 1.165) is 30.4 Å². The summed E-state index contributed by atoms with van der Waals surface area (Å²) in [5.74, 6) is -0.757. The Hall–Kier alpha value is -3.23. The van der Waals surface area contributed by atoms with Crippen molar-refractivity contribution in [1.29, 1.82) is 0 Å². The molecule has 2 aromatic carbocycles. The van der Waals surface area contributed by atoms with Crippen LogP contribution in [0, 0.1) is 5.41 Å². The molecule has 2 aromatic rings. The largest absolute Gasteiger partial charge is 0.465 e. The number of hydrogen-bond acceptors (Lipinski definition) is 6. The average molecular weight is 536 g/mol. The molecule has 0 spiro atoms. The molecule has 4 unspecified atom stereocenters. The number of amides is 2. The molecule has 0 bridgehead atoms. The topological polar surface area (TPSA) is 111 Å². The number of fused-ring (bicyclic) bond motifs is 1. The Morgan fingerprint density at radius 3 is 2.49 bits per heavy atom. The number of carbonyl (C=O) groups is 3. The molecule has 4 rings (SSSR count). The van der Waals surface area contributed by atoms with Gasteiger partial charge >= 0.3 is 5.97 Å². The molecule has 1 heterocycles. The number of likely N-dealkylation sites (tertiary alicyclic amines) is 1. The Balaban J connectivity index is 1.48. The van der Waals surface area contributed by atoms with Gasteiger partial charge in [-0.15, -0.1) is 0 Å². The van der Waals surface area contributed by atoms with Crippen LogP contribution in [-0.4, -0.2) is 54.5 Å². The molecule has 210 valence electrons. The maximum Gasteiger partial charge on any atom is 0.337 e. The predicted octanol–water partition coefficient (Wildman–Crippen LogP) is 3.92. The van der Waals surface area contributed by atoms with Crippen LogP contribution in [0.4, 0.5) is 0 Å². The standard InChI is InChI=1S/C31H41N3O5/c1-31(2,3)27(32)29(36)34-17-16-23(39-19-20-12-14-22(15-13-20)30(37)38-4)18-26(34)28(35)33-25-11-7-9-21-8-5-6-10-24(21)25/h5-6,8,10,12-15,23,25-27H,7,9,11,16-19,32H2,1-4H3,(H,33,35). The summed E-state index contributed by atoms with van der Waals surface area (Å²) < 4.78 is 11.0. The first-order valence-electron chi connectivity index (χ1n) is 13.8. The summed E-state index contributed by atoms with van der Waals surface area (Å²) in [6, 6.07) is 13.9. The summed E-state index contributed by atoms with van der Waals surface area (Å²) in [6.07, 6.45) is 3.68. The molecule has 0 radical (unpaired) electrons. The lowest BCUT2D eigenvalue weighted by atomic mass is 9.85. The Morgan fingerprint density at radius 2 is 1.79 bits per heavy atom. The zero-order valence-electron chi connectivity index (χ0n) is 23.4. The smallest absolute Gasteiger partial charge is 0.337 e. The molecule has 8 heteroatoms. The normalized spacial score (nSPS) is 22.0. The number of nitrogens with two attached hydrogens (primary N) is 1. The minimum absolute atomic E-state index is 0.0784. The molecule has 4 atom stereocenters. The molecule has 1 aliphatic heterocycles. The van der Waals surface area contributed by atoms with Crippen LogP contribution >= 0.6 is 0 Å². The number of piperidine rings is 1. The summed E-state index contributed by atoms with van der Waals surface area (Å²) in [5.41, 5.74) is 9.74. The van der Waals surface area contributed by atoms with E-state index in [4.69, 9.17) is 15.2 Å². The maximum atomic E-state index is 13.8. The van der Waals surface area contributed by atoms with Gasteiger partial charge in [0.05, 0.1) is 37.5 Å². The fourth-order valence-corrected chi connectivity index (χ4v) is 5.39. The molecule has 1 fully saturated rings. The zero-order chi connectivity index (χ0) is 28.2. The van der Waals surface area contributed by atoms with Crippen LogP contribution in [0.5, 0.6) is 0 Å². The van der Waals surface area contributed by atoms with Gasteiger partial charge in [-0.25, -0.2) is 4.79 Å². The number of aryl methyl sites for hydroxylation is 1. The monoisotopic (exact) mass is 535 g/mol. The lowest BCUT2D eigenvalue weighted by molar-refractivity contribution is -0.149. The number of nitrogens with zero attached hydrogens (tertiary/aromatic N) is 1. The van der Waals surface area contributed by atoms with Crippen LogP contribution in [0.2, 0.25) is 0 Å². The highest BCUT2D eigenvalue weighted by molar-refractivity contribution is 5.91. The average Bonchev–Trinajstić information content (AvgIpc) is 2.94. The Bertz CT molecular complexity index is 1170. The molecule has 39 heavy (non-hydrogen) atoms. The third-order valence-corrected chi connectivity index (χ3v) is 7.89. The number of ether oxygens (including phenoxy) is 2. The third kappa shape index (κ3) is 6.86. The molecule has 3 N–H and O–H groups in total. The predicted molar refractivity (Wildman–Crippen MR) is 149 cm³/mol. The highest BCUT2D eigenvalue weighted by Gasteiger charge is 2.41. The van der Waals surface area contributed by atoms with Gasteiger partial charge in [-0.2, -0.15) is 0 Å². The van der Waals surface area contributed by atoms with Crippen LogP contribution in [0.15, 0.2) is 48.5 Å². The Morgan fingerprint density at radius 1 is 1.08 bits per heavy atom. The molecular weight excluding hydrogens is 494 g/mol. The zero-order valence-corrected chi connectivity index (χ0v) is 23.4. The second-order valence-corrected chi connectivity index (χ2v) is 11.7. The van der Waals surface area contributed by atoms with Crippen LogP contribution in [0.1, 0.15) is 79.5 Å². The van der Waals surface area contributed by atoms with E-state index >= 15 is 0 Å². The van der Waals surface area contributed by atoms with E-state index in [1.807, 2.05) is 45.0 Å². The quantitative estimate of drug-likeness (QED) is 0.520. The number of benzene rings is 2. The number of carbonyl (C=O) groups excluding carboxylic acids is 3. The lowest BCUT2D eigenvalue weighted by Crippen LogP contribution is -2.60. The summed E-state index contributed by atoms with van der Waals surface area (Å²) in [6.45, 7) is 6.54. The first kappa shape index (κ1) is 28.8. The lowest BCUT2D eigenvalue weighted by Gasteiger charge is -2.42. The fourth-order valence-electron chi connectivity index (χ4n) is 5.39. The highest BCUT2D eigenvalue weighted by Crippen LogP contribution is 2.31. The minimum Gasteiger partial charge on any atom is -0.465 e. The van der Waals surface area contributed by atoms with Gasteiger partial charge in [0, 0.05) is 13.0 Å². The molecule has 1 aliphatic carbocycles. The van der Waals surface area contributed by atoms with Crippen LogP contribution in [-0.2, 0) is 32.1 Å². The third-order valence-electron chi connectivity index (χ3n) is 7.89. The van der Waals surface area contributed by atoms with Gasteiger partial charge < -0.3 is 25.4 Å². The highest BCUT2D eigenvalue weighted by atomic mass is 16.5. The van der Waals surface area contributed by atoms with Crippen molar-refractivity contribution in [2.75, 3.05) is 13.7 Å². The Kier molecular flexibility index (Phi) is 9.08. The van der Waals surface area contributed by atoms with E-state index in [9.17, 15) is 14.4 Å². The van der Waals surface area contributed by atoms with E-state index in [0.29, 0.717) is 31.6 Å². The molecule has 1 saturated heterocycles. The van der Waals surface area contributed by atoms with Crippen molar-refractivity contribution in [2.45, 2.75) is 83.7 Å². The molecule has 0 saturated carbocycles. The Labute approximate surface area is 231 Å². The van der Waals surface area contributed by atoms with Gasteiger partial charge in [-0.1, -0.05) is 57.2 Å². The maximum absolute atomic E-state index is 13.8. The van der Waals surface area contributed by atoms with Gasteiger partial charge in [0.15, 0.2) is 0 Å². The van der Waals surface area contributed by atoms with Crippen molar-refractivity contribution in [2.24, 2.45) is 11.1 Å². The van der Waals surface area contributed by atoms with E-state index in [1.165, 1.54) is 12.7 Å². The second-order valence-electron chi connectivity index (χ2n) is 11.7. The van der Waals surface area contributed by atoms with Crippen molar-refractivity contribution >= 4 is 17.8 Å². The fraction of sp³-hybridized carbons (Fsp3) is 0.516. The number of nitrogens with one attached hydrogen (secondary N) is 1. The van der Waals surface area contributed by atoms with Crippen LogP contribution in [0.25, 0.3) is 0 Å². The van der Waals surface area contributed by atoms with Gasteiger partial charge in [0.1, 0.15) is 6.04 Å². The van der Waals surface area contributed by atoms with Crippen molar-refractivity contribution in [3.63, 3.8) is 0 Å². The van der Waals surface area contributed by atoms with Gasteiger partial charge in [-0.3, -0.25) is 9.59 Å². The van der Waals surface area contributed by atoms with Gasteiger partial charge in [0.2, 0.25) is 11.8 Å². The van der Waals surface area contributed by atoms with Crippen molar-refractivity contribution < 1.29 is 23.9 Å². The van der Waals surface area contributed by atoms with Crippen molar-refractivity contribution in [3.05, 3.63) is 70.8 Å². The molecule has 0 aromatic heterocycles. The van der Waals surface area contributed by atoms with Crippen molar-refractivity contribution in [3.8, 4) is 0 Å². The second kappa shape index (κ2) is 12.3. The molecule has 2 amide bonds. The number of rotatable bonds is 7. The number of methoxy groups -OCH3 is 1. The summed E-state index contributed by atoms with van der Waals surface area (Å²) in [5, 5.41) is 3.25. The minimum atomic E-state index is -0.714. The SMILES string of the molecule is COC(=O)c1ccc(COC2CCN(C(=O)C(N)C(C)(C)C)C(C(=O)NC3CCCc4ccccc43)C2)cc1. The van der Waals surface area contributed by atoms with Gasteiger partial charge in [-0.05, 0) is 59.9 Å². The molecule has 8 nitrogen and oxygen atoms in total. The van der Waals surface area contributed by atoms with Crippen LogP contribution < -0.4 is 11.1 Å². The van der Waals surface area contributed by atoms with E-state index in [2.05, 4.69) is 17.4 Å². The molecule has 2 aliphatic rings. The summed E-state index contributed by atoms with van der Waals surface area (Å²) in [4.78, 5) is 40.6. The van der Waals surface area contributed by atoms with E-state index < -0.39 is 17.5 Å². The number of esters is 1. The van der Waals surface area contributed by atoms with Crippen molar-refractivity contribution in [1.82, 2.24) is 10.2 Å². The van der Waals surface area contributed by atoms with Crippen LogP contribution in [0.3, 0.4) is 0 Å². The van der Waals surface area contributed by atoms with E-state index in [1.54, 1.807) is 17.0 Å². The first-order valence-corrected chi connectivity index (χ1v) is 13.8. The molecular formula is C31H41N3O5. The first-order chi connectivity index (χ1) is 18.6.